The van der Waals surface area contributed by atoms with Crippen LogP contribution in [-0.2, 0) is 11.3 Å². The van der Waals surface area contributed by atoms with Crippen molar-refractivity contribution in [1.29, 1.82) is 0 Å². The molecular weight excluding hydrogens is 392 g/mol. The van der Waals surface area contributed by atoms with Crippen LogP contribution in [0, 0.1) is 0 Å². The molecule has 0 aliphatic carbocycles. The Morgan fingerprint density at radius 3 is 2.39 bits per heavy atom. The molecular formula is C24H30N4O3. The molecule has 31 heavy (non-hydrogen) atoms. The van der Waals surface area contributed by atoms with Crippen LogP contribution in [0.5, 0.6) is 11.5 Å². The molecule has 2 aromatic carbocycles. The summed E-state index contributed by atoms with van der Waals surface area (Å²) in [6.45, 7) is 7.26. The van der Waals surface area contributed by atoms with Gasteiger partial charge in [0.1, 0.15) is 0 Å². The third-order valence-electron chi connectivity index (χ3n) is 5.79. The number of fused-ring (bicyclic) bond motifs is 1. The summed E-state index contributed by atoms with van der Waals surface area (Å²) < 4.78 is 10.8. The van der Waals surface area contributed by atoms with Gasteiger partial charge in [0.25, 0.3) is 5.91 Å². The lowest BCUT2D eigenvalue weighted by atomic mass is 10.0. The molecule has 164 valence electrons. The lowest BCUT2D eigenvalue weighted by Gasteiger charge is -2.27. The molecule has 7 heteroatoms. The first-order valence-electron chi connectivity index (χ1n) is 10.7. The highest BCUT2D eigenvalue weighted by Crippen LogP contribution is 2.42. The summed E-state index contributed by atoms with van der Waals surface area (Å²) >= 11 is 0. The predicted octanol–water partition coefficient (Wildman–Crippen LogP) is 3.29. The molecule has 4 rings (SSSR count). The number of allylic oxidation sites excluding steroid dienone is 1. The first-order chi connectivity index (χ1) is 15.1. The summed E-state index contributed by atoms with van der Waals surface area (Å²) in [6.07, 6.45) is 0.694. The number of rotatable bonds is 7. The van der Waals surface area contributed by atoms with E-state index in [1.54, 1.807) is 20.3 Å². The van der Waals surface area contributed by atoms with Crippen molar-refractivity contribution >= 4 is 22.9 Å². The summed E-state index contributed by atoms with van der Waals surface area (Å²) in [5.74, 6) is 1.07. The van der Waals surface area contributed by atoms with Crippen molar-refractivity contribution < 1.29 is 14.3 Å². The van der Waals surface area contributed by atoms with E-state index in [4.69, 9.17) is 9.47 Å². The highest BCUT2D eigenvalue weighted by Gasteiger charge is 2.29. The Hall–Kier alpha value is -3.03. The lowest BCUT2D eigenvalue weighted by molar-refractivity contribution is -0.110. The van der Waals surface area contributed by atoms with Crippen LogP contribution in [-0.4, -0.2) is 51.2 Å². The minimum atomic E-state index is -0.120. The number of amides is 1. The largest absolute Gasteiger partial charge is 0.493 e. The molecule has 1 amide bonds. The Balaban J connectivity index is 1.57. The fraction of sp³-hybridized carbons (Fsp3) is 0.375. The van der Waals surface area contributed by atoms with Crippen molar-refractivity contribution in [1.82, 2.24) is 10.2 Å². The van der Waals surface area contributed by atoms with Crippen molar-refractivity contribution in [3.05, 3.63) is 53.2 Å². The Morgan fingerprint density at radius 2 is 1.74 bits per heavy atom. The molecule has 0 aromatic heterocycles. The second-order valence-corrected chi connectivity index (χ2v) is 7.76. The fourth-order valence-electron chi connectivity index (χ4n) is 4.12. The van der Waals surface area contributed by atoms with E-state index in [2.05, 4.69) is 45.1 Å². The maximum absolute atomic E-state index is 12.8. The zero-order chi connectivity index (χ0) is 21.8. The van der Waals surface area contributed by atoms with Gasteiger partial charge in [-0.3, -0.25) is 9.69 Å². The van der Waals surface area contributed by atoms with Gasteiger partial charge in [-0.1, -0.05) is 19.1 Å². The molecule has 0 saturated carbocycles. The number of nitrogens with one attached hydrogen (secondary N) is 3. The molecule has 1 fully saturated rings. The molecule has 7 nitrogen and oxygen atoms in total. The Labute approximate surface area is 183 Å². The Kier molecular flexibility index (Phi) is 6.44. The van der Waals surface area contributed by atoms with E-state index < -0.39 is 0 Å². The molecule has 0 bridgehead atoms. The number of hydrogen-bond acceptors (Lipinski definition) is 6. The number of piperazine rings is 1. The summed E-state index contributed by atoms with van der Waals surface area (Å²) in [6, 6.07) is 12.1. The topological polar surface area (TPSA) is 74.9 Å². The van der Waals surface area contributed by atoms with Crippen LogP contribution in [0.4, 0.5) is 11.4 Å². The SMILES string of the molecule is CC/C(Nc1ccc(CN2CCNCC2)cc1)=C1/C(=O)Nc2cc(OC)c(OC)cc21. The van der Waals surface area contributed by atoms with E-state index in [1.165, 1.54) is 5.56 Å². The lowest BCUT2D eigenvalue weighted by Crippen LogP contribution is -2.42. The maximum Gasteiger partial charge on any atom is 0.258 e. The molecule has 0 unspecified atom stereocenters. The van der Waals surface area contributed by atoms with Gasteiger partial charge in [-0.05, 0) is 30.2 Å². The van der Waals surface area contributed by atoms with Crippen LogP contribution in [0.3, 0.4) is 0 Å². The van der Waals surface area contributed by atoms with Crippen LogP contribution in [0.1, 0.15) is 24.5 Å². The minimum absolute atomic E-state index is 0.120. The van der Waals surface area contributed by atoms with Gasteiger partial charge in [-0.2, -0.15) is 0 Å². The van der Waals surface area contributed by atoms with E-state index in [-0.39, 0.29) is 5.91 Å². The number of carbonyl (C=O) groups excluding carboxylic acids is 1. The zero-order valence-corrected chi connectivity index (χ0v) is 18.4. The predicted molar refractivity (Wildman–Crippen MR) is 124 cm³/mol. The van der Waals surface area contributed by atoms with E-state index in [9.17, 15) is 4.79 Å². The number of ether oxygens (including phenoxy) is 2. The molecule has 0 atom stereocenters. The minimum Gasteiger partial charge on any atom is -0.493 e. The average Bonchev–Trinajstić information content (AvgIpc) is 3.12. The third kappa shape index (κ3) is 4.52. The van der Waals surface area contributed by atoms with Crippen molar-refractivity contribution in [3.63, 3.8) is 0 Å². The van der Waals surface area contributed by atoms with Gasteiger partial charge >= 0.3 is 0 Å². The zero-order valence-electron chi connectivity index (χ0n) is 18.4. The Morgan fingerprint density at radius 1 is 1.06 bits per heavy atom. The molecule has 3 N–H and O–H groups in total. The summed E-state index contributed by atoms with van der Waals surface area (Å²) in [5, 5.41) is 9.79. The van der Waals surface area contributed by atoms with Crippen LogP contribution in [0.25, 0.3) is 5.57 Å². The summed E-state index contributed by atoms with van der Waals surface area (Å²) in [5.41, 5.74) is 5.33. The molecule has 0 radical (unpaired) electrons. The number of hydrogen-bond donors (Lipinski definition) is 3. The van der Waals surface area contributed by atoms with Crippen LogP contribution in [0.2, 0.25) is 0 Å². The second kappa shape index (κ2) is 9.41. The van der Waals surface area contributed by atoms with Gasteiger partial charge in [0.2, 0.25) is 0 Å². The first-order valence-corrected chi connectivity index (χ1v) is 10.7. The number of benzene rings is 2. The summed E-state index contributed by atoms with van der Waals surface area (Å²) in [4.78, 5) is 15.3. The normalized spacial score (nSPS) is 17.7. The van der Waals surface area contributed by atoms with Gasteiger partial charge in [-0.15, -0.1) is 0 Å². The number of methoxy groups -OCH3 is 2. The van der Waals surface area contributed by atoms with Gasteiger partial charge in [0.05, 0.1) is 25.5 Å². The van der Waals surface area contributed by atoms with E-state index >= 15 is 0 Å². The standard InChI is InChI=1S/C24H30N4O3/c1-4-19(23-18-13-21(30-2)22(31-3)14-20(18)27-24(23)29)26-17-7-5-16(6-8-17)15-28-11-9-25-10-12-28/h5-8,13-14,25-26H,4,9-12,15H2,1-3H3,(H,27,29)/b23-19-. The Bertz CT molecular complexity index is 979. The van der Waals surface area contributed by atoms with Crippen LogP contribution < -0.4 is 25.4 Å². The fourth-order valence-corrected chi connectivity index (χ4v) is 4.12. The van der Waals surface area contributed by atoms with Gasteiger partial charge < -0.3 is 25.4 Å². The van der Waals surface area contributed by atoms with Gasteiger partial charge in [0, 0.05) is 55.7 Å². The molecule has 2 aliphatic rings. The highest BCUT2D eigenvalue weighted by molar-refractivity contribution is 6.32. The quantitative estimate of drug-likeness (QED) is 0.595. The van der Waals surface area contributed by atoms with Crippen molar-refractivity contribution in [3.8, 4) is 11.5 Å². The van der Waals surface area contributed by atoms with Crippen molar-refractivity contribution in [2.75, 3.05) is 51.0 Å². The summed E-state index contributed by atoms with van der Waals surface area (Å²) in [7, 11) is 3.18. The van der Waals surface area contributed by atoms with Crippen molar-refractivity contribution in [2.24, 2.45) is 0 Å². The second-order valence-electron chi connectivity index (χ2n) is 7.76. The third-order valence-corrected chi connectivity index (χ3v) is 5.79. The average molecular weight is 423 g/mol. The van der Waals surface area contributed by atoms with Crippen molar-refractivity contribution in [2.45, 2.75) is 19.9 Å². The highest BCUT2D eigenvalue weighted by atomic mass is 16.5. The molecule has 0 spiro atoms. The number of carbonyl (C=O) groups is 1. The van der Waals surface area contributed by atoms with Gasteiger partial charge in [-0.25, -0.2) is 0 Å². The van der Waals surface area contributed by atoms with E-state index in [1.807, 2.05) is 13.0 Å². The van der Waals surface area contributed by atoms with E-state index in [0.29, 0.717) is 23.5 Å². The number of anilines is 2. The van der Waals surface area contributed by atoms with Crippen LogP contribution >= 0.6 is 0 Å². The monoisotopic (exact) mass is 422 g/mol. The molecule has 2 heterocycles. The number of nitrogens with zero attached hydrogens (tertiary/aromatic N) is 1. The van der Waals surface area contributed by atoms with E-state index in [0.717, 1.165) is 55.4 Å². The molecule has 2 aliphatic heterocycles. The maximum atomic E-state index is 12.8. The molecule has 1 saturated heterocycles. The molecule has 2 aromatic rings. The first kappa shape index (κ1) is 21.2. The van der Waals surface area contributed by atoms with Crippen LogP contribution in [0.15, 0.2) is 42.1 Å². The van der Waals surface area contributed by atoms with Gasteiger partial charge in [0.15, 0.2) is 11.5 Å². The smallest absolute Gasteiger partial charge is 0.258 e.